The summed E-state index contributed by atoms with van der Waals surface area (Å²) in [7, 11) is -4.80. The Morgan fingerprint density at radius 3 is 1.70 bits per heavy atom. The van der Waals surface area contributed by atoms with Crippen molar-refractivity contribution in [3.05, 3.63) is 97.2 Å². The van der Waals surface area contributed by atoms with Crippen LogP contribution in [0, 0.1) is 0 Å². The minimum Gasteiger partial charge on any atom is -0.462 e. The van der Waals surface area contributed by atoms with Crippen molar-refractivity contribution in [2.75, 3.05) is 13.2 Å². The second-order valence-corrected chi connectivity index (χ2v) is 15.4. The molecule has 0 aromatic carbocycles. The maximum absolute atomic E-state index is 12.4. The number of carbonyl (C=O) groups excluding carboxylic acids is 2. The molecule has 0 spiro atoms. The average molecular weight is 817 g/mol. The minimum atomic E-state index is -4.80. The first kappa shape index (κ1) is 53.9. The van der Waals surface area contributed by atoms with Gasteiger partial charge < -0.3 is 24.4 Å². The van der Waals surface area contributed by atoms with E-state index < -0.39 is 38.6 Å². The normalized spacial score (nSPS) is 14.0. The van der Waals surface area contributed by atoms with E-state index in [1.165, 1.54) is 57.8 Å². The van der Waals surface area contributed by atoms with Gasteiger partial charge in [0.2, 0.25) is 0 Å². The first-order valence-corrected chi connectivity index (χ1v) is 23.2. The summed E-state index contributed by atoms with van der Waals surface area (Å²) in [5, 5.41) is 9.98. The fourth-order valence-electron chi connectivity index (χ4n) is 5.45. The lowest BCUT2D eigenvalue weighted by Crippen LogP contribution is -2.29. The van der Waals surface area contributed by atoms with Crippen molar-refractivity contribution in [3.63, 3.8) is 0 Å². The Bertz CT molecular complexity index is 1260. The third-order valence-electron chi connectivity index (χ3n) is 8.68. The van der Waals surface area contributed by atoms with Crippen LogP contribution in [0.4, 0.5) is 0 Å². The zero-order valence-electron chi connectivity index (χ0n) is 35.3. The van der Waals surface area contributed by atoms with Crippen LogP contribution in [0.3, 0.4) is 0 Å². The number of carbonyl (C=O) groups is 2. The molecule has 0 fully saturated rings. The van der Waals surface area contributed by atoms with E-state index in [1.54, 1.807) is 6.08 Å². The van der Waals surface area contributed by atoms with Crippen LogP contribution < -0.4 is 0 Å². The lowest BCUT2D eigenvalue weighted by Gasteiger charge is -2.18. The first-order valence-electron chi connectivity index (χ1n) is 21.6. The van der Waals surface area contributed by atoms with Crippen LogP contribution in [0.1, 0.15) is 162 Å². The third kappa shape index (κ3) is 43.9. The van der Waals surface area contributed by atoms with E-state index in [1.807, 2.05) is 48.6 Å². The van der Waals surface area contributed by atoms with Crippen molar-refractivity contribution in [3.8, 4) is 0 Å². The zero-order chi connectivity index (χ0) is 41.9. The Morgan fingerprint density at radius 1 is 0.561 bits per heavy atom. The number of hydrogen-bond acceptors (Lipinski definition) is 7. The van der Waals surface area contributed by atoms with E-state index in [2.05, 4.69) is 60.9 Å². The fraction of sp³-hybridized carbons (Fsp3) is 0.617. The molecule has 0 saturated heterocycles. The highest BCUT2D eigenvalue weighted by Gasteiger charge is 2.22. The number of aliphatic hydroxyl groups excluding tert-OH is 1. The molecule has 0 aliphatic rings. The molecule has 0 aliphatic carbocycles. The molecule has 0 aromatic heterocycles. The molecule has 0 amide bonds. The van der Waals surface area contributed by atoms with Gasteiger partial charge in [-0.3, -0.25) is 14.1 Å². The van der Waals surface area contributed by atoms with Crippen LogP contribution in [0.15, 0.2) is 97.2 Å². The number of allylic oxidation sites excluding steroid dienone is 14. The molecule has 0 aliphatic heterocycles. The van der Waals surface area contributed by atoms with Crippen molar-refractivity contribution in [1.29, 1.82) is 0 Å². The van der Waals surface area contributed by atoms with Crippen LogP contribution in [-0.2, 0) is 28.2 Å². The number of unbranched alkanes of at least 4 members (excludes halogenated alkanes) is 12. The Labute approximate surface area is 346 Å². The van der Waals surface area contributed by atoms with Crippen molar-refractivity contribution in [2.45, 2.75) is 174 Å². The number of aliphatic hydroxyl groups is 1. The van der Waals surface area contributed by atoms with Gasteiger partial charge in [0.05, 0.1) is 12.7 Å². The van der Waals surface area contributed by atoms with Gasteiger partial charge in [0, 0.05) is 12.8 Å². The summed E-state index contributed by atoms with van der Waals surface area (Å²) in [5.41, 5.74) is 0. The van der Waals surface area contributed by atoms with E-state index in [-0.39, 0.29) is 19.4 Å². The molecule has 0 radical (unpaired) electrons. The molecule has 0 aromatic rings. The molecule has 10 heteroatoms. The SMILES string of the molecule is CC/C=C\C/C=C\CC(O)/C=C/C=C\C/C=C\C/C=C\CCC(=O)O[C@H](COC(=O)CCCCCCCCCCC/C=C\C/C=C\CCCCC)COP(=O)(O)O. The number of rotatable bonds is 38. The van der Waals surface area contributed by atoms with Gasteiger partial charge in [-0.15, -0.1) is 0 Å². The summed E-state index contributed by atoms with van der Waals surface area (Å²) in [5.74, 6) is -1.03. The summed E-state index contributed by atoms with van der Waals surface area (Å²) >= 11 is 0. The largest absolute Gasteiger partial charge is 0.469 e. The highest BCUT2D eigenvalue weighted by atomic mass is 31.2. The second-order valence-electron chi connectivity index (χ2n) is 14.1. The van der Waals surface area contributed by atoms with Gasteiger partial charge in [0.25, 0.3) is 0 Å². The van der Waals surface area contributed by atoms with Gasteiger partial charge in [0.15, 0.2) is 6.10 Å². The summed E-state index contributed by atoms with van der Waals surface area (Å²) in [6.07, 6.45) is 53.1. The molecule has 2 atom stereocenters. The predicted octanol–water partition coefficient (Wildman–Crippen LogP) is 12.4. The van der Waals surface area contributed by atoms with Crippen LogP contribution in [0.5, 0.6) is 0 Å². The van der Waals surface area contributed by atoms with Gasteiger partial charge in [-0.05, 0) is 77.0 Å². The fourth-order valence-corrected chi connectivity index (χ4v) is 5.81. The van der Waals surface area contributed by atoms with Crippen molar-refractivity contribution in [1.82, 2.24) is 0 Å². The van der Waals surface area contributed by atoms with E-state index in [9.17, 15) is 19.3 Å². The molecule has 324 valence electrons. The maximum Gasteiger partial charge on any atom is 0.469 e. The Kier molecular flexibility index (Phi) is 38.9. The molecular formula is C47H77O9P. The monoisotopic (exact) mass is 817 g/mol. The summed E-state index contributed by atoms with van der Waals surface area (Å²) < 4.78 is 26.3. The average Bonchev–Trinajstić information content (AvgIpc) is 3.18. The number of hydrogen-bond donors (Lipinski definition) is 3. The smallest absolute Gasteiger partial charge is 0.462 e. The van der Waals surface area contributed by atoms with Crippen LogP contribution in [0.2, 0.25) is 0 Å². The molecule has 0 rings (SSSR count). The predicted molar refractivity (Wildman–Crippen MR) is 236 cm³/mol. The van der Waals surface area contributed by atoms with Crippen molar-refractivity contribution >= 4 is 19.8 Å². The first-order chi connectivity index (χ1) is 27.7. The number of phosphoric acid groups is 1. The Balaban J connectivity index is 4.11. The number of esters is 2. The lowest BCUT2D eigenvalue weighted by molar-refractivity contribution is -0.161. The summed E-state index contributed by atoms with van der Waals surface area (Å²) in [6.45, 7) is 3.41. The molecule has 0 bridgehead atoms. The van der Waals surface area contributed by atoms with Gasteiger partial charge in [-0.25, -0.2) is 4.57 Å². The molecule has 57 heavy (non-hydrogen) atoms. The molecule has 0 heterocycles. The zero-order valence-corrected chi connectivity index (χ0v) is 36.2. The van der Waals surface area contributed by atoms with E-state index in [0.717, 1.165) is 51.4 Å². The Hall–Kier alpha value is -3.07. The lowest BCUT2D eigenvalue weighted by atomic mass is 10.1. The van der Waals surface area contributed by atoms with Crippen molar-refractivity contribution < 1.29 is 43.0 Å². The number of phosphoric ester groups is 1. The second kappa shape index (κ2) is 41.1. The van der Waals surface area contributed by atoms with E-state index in [4.69, 9.17) is 19.3 Å². The molecule has 1 unspecified atom stereocenters. The Morgan fingerprint density at radius 2 is 1.09 bits per heavy atom. The summed E-state index contributed by atoms with van der Waals surface area (Å²) in [4.78, 5) is 42.9. The highest BCUT2D eigenvalue weighted by molar-refractivity contribution is 7.46. The van der Waals surface area contributed by atoms with Gasteiger partial charge >= 0.3 is 19.8 Å². The maximum atomic E-state index is 12.4. The van der Waals surface area contributed by atoms with Gasteiger partial charge in [-0.1, -0.05) is 169 Å². The van der Waals surface area contributed by atoms with Gasteiger partial charge in [0.1, 0.15) is 6.61 Å². The van der Waals surface area contributed by atoms with E-state index in [0.29, 0.717) is 25.7 Å². The third-order valence-corrected chi connectivity index (χ3v) is 9.17. The molecular weight excluding hydrogens is 739 g/mol. The van der Waals surface area contributed by atoms with Crippen LogP contribution in [0.25, 0.3) is 0 Å². The molecule has 3 N–H and O–H groups in total. The number of ether oxygens (including phenoxy) is 2. The topological polar surface area (TPSA) is 140 Å². The van der Waals surface area contributed by atoms with Gasteiger partial charge in [-0.2, -0.15) is 0 Å². The molecule has 0 saturated carbocycles. The van der Waals surface area contributed by atoms with Crippen molar-refractivity contribution in [2.24, 2.45) is 0 Å². The highest BCUT2D eigenvalue weighted by Crippen LogP contribution is 2.36. The van der Waals surface area contributed by atoms with Crippen LogP contribution >= 0.6 is 7.82 Å². The van der Waals surface area contributed by atoms with Crippen LogP contribution in [-0.4, -0.2) is 52.3 Å². The minimum absolute atomic E-state index is 0.0574. The quantitative estimate of drug-likeness (QED) is 0.0183. The van der Waals surface area contributed by atoms with E-state index >= 15 is 0 Å². The summed E-state index contributed by atoms with van der Waals surface area (Å²) in [6, 6.07) is 0. The standard InChI is InChI=1S/C47H77O9P/c1-3-5-7-9-11-12-13-14-15-16-17-18-19-20-21-25-28-32-36-40-46(49)54-42-45(43-55-57(51,52)53)56-47(50)41-37-33-29-26-23-22-24-27-31-35-39-44(48)38-34-30-10-8-6-4-2/h6,8,11-12,14-15,22-23,27,29-31,33-35,39,44-45,48H,3-5,7,9-10,13,16-21,24-26,28,32,36-38,40-43H2,1-2H3,(H2,51,52,53)/b8-6-,12-11-,15-14-,23-22-,31-27-,33-29-,34-30-,39-35+/t44?,45-/m1/s1. The molecule has 9 nitrogen and oxygen atoms in total.